The zero-order valence-electron chi connectivity index (χ0n) is 18.2. The van der Waals surface area contributed by atoms with Crippen LogP contribution in [-0.2, 0) is 13.0 Å². The minimum atomic E-state index is -0.207. The van der Waals surface area contributed by atoms with Crippen molar-refractivity contribution in [1.29, 1.82) is 0 Å². The van der Waals surface area contributed by atoms with Gasteiger partial charge in [0.15, 0.2) is 11.5 Å². The minimum Gasteiger partial charge on any atom is -0.485 e. The second-order valence-electron chi connectivity index (χ2n) is 8.75. The molecular weight excluding hydrogens is 398 g/mol. The zero-order chi connectivity index (χ0) is 22.1. The first-order valence-electron chi connectivity index (χ1n) is 10.8. The molecule has 0 radical (unpaired) electrons. The molecule has 4 nitrogen and oxygen atoms in total. The van der Waals surface area contributed by atoms with Crippen LogP contribution in [0.2, 0.25) is 0 Å². The standard InChI is InChI=1S/C28H25NO3/c1-28(2)17-22-9-6-12-25(26(22)32-28)31-18-19-13-15-21(16-14-19)27(30)29-24-11-5-8-20-7-3-4-10-23(20)24/h3-16H,17-18H2,1-2H3,(H,29,30). The predicted molar refractivity (Wildman–Crippen MR) is 128 cm³/mol. The van der Waals surface area contributed by atoms with Crippen LogP contribution >= 0.6 is 0 Å². The fourth-order valence-electron chi connectivity index (χ4n) is 4.14. The Morgan fingerprint density at radius 2 is 1.69 bits per heavy atom. The largest absolute Gasteiger partial charge is 0.485 e. The summed E-state index contributed by atoms with van der Waals surface area (Å²) in [5.41, 5.74) is 3.37. The van der Waals surface area contributed by atoms with Gasteiger partial charge in [-0.05, 0) is 49.1 Å². The Labute approximate surface area is 187 Å². The molecule has 0 saturated carbocycles. The molecule has 5 rings (SSSR count). The van der Waals surface area contributed by atoms with Gasteiger partial charge in [-0.2, -0.15) is 0 Å². The van der Waals surface area contributed by atoms with Crippen molar-refractivity contribution in [3.8, 4) is 11.5 Å². The van der Waals surface area contributed by atoms with Gasteiger partial charge in [-0.3, -0.25) is 4.79 Å². The van der Waals surface area contributed by atoms with Gasteiger partial charge in [0.05, 0.1) is 0 Å². The third-order valence-corrected chi connectivity index (χ3v) is 5.70. The fraction of sp³-hybridized carbons (Fsp3) is 0.179. The van der Waals surface area contributed by atoms with Crippen molar-refractivity contribution in [1.82, 2.24) is 0 Å². The molecule has 0 aliphatic carbocycles. The van der Waals surface area contributed by atoms with Crippen LogP contribution in [0.3, 0.4) is 0 Å². The van der Waals surface area contributed by atoms with Gasteiger partial charge in [0, 0.05) is 28.6 Å². The molecular formula is C28H25NO3. The lowest BCUT2D eigenvalue weighted by molar-refractivity contribution is 0.102. The number of rotatable bonds is 5. The SMILES string of the molecule is CC1(C)Cc2cccc(OCc3ccc(C(=O)Nc4cccc5ccccc45)cc3)c2O1. The quantitative estimate of drug-likeness (QED) is 0.405. The number of fused-ring (bicyclic) bond motifs is 2. The second-order valence-corrected chi connectivity index (χ2v) is 8.75. The Kier molecular flexibility index (Phi) is 5.06. The van der Waals surface area contributed by atoms with Crippen LogP contribution in [0.15, 0.2) is 84.9 Å². The molecule has 0 spiro atoms. The normalized spacial score (nSPS) is 13.9. The van der Waals surface area contributed by atoms with Crippen LogP contribution in [-0.4, -0.2) is 11.5 Å². The van der Waals surface area contributed by atoms with Crippen molar-refractivity contribution in [2.24, 2.45) is 0 Å². The lowest BCUT2D eigenvalue weighted by Crippen LogP contribution is -2.24. The van der Waals surface area contributed by atoms with Crippen LogP contribution in [0.1, 0.15) is 35.3 Å². The molecule has 1 aliphatic rings. The number of benzene rings is 4. The molecule has 32 heavy (non-hydrogen) atoms. The molecule has 0 unspecified atom stereocenters. The summed E-state index contributed by atoms with van der Waals surface area (Å²) < 4.78 is 12.1. The van der Waals surface area contributed by atoms with E-state index in [0.29, 0.717) is 12.2 Å². The van der Waals surface area contributed by atoms with Crippen molar-refractivity contribution in [2.75, 3.05) is 5.32 Å². The van der Waals surface area contributed by atoms with E-state index in [0.717, 1.165) is 39.9 Å². The van der Waals surface area contributed by atoms with Gasteiger partial charge >= 0.3 is 0 Å². The van der Waals surface area contributed by atoms with Gasteiger partial charge in [-0.15, -0.1) is 0 Å². The summed E-state index contributed by atoms with van der Waals surface area (Å²) in [6.45, 7) is 4.57. The van der Waals surface area contributed by atoms with Crippen molar-refractivity contribution >= 4 is 22.4 Å². The molecule has 4 heteroatoms. The highest BCUT2D eigenvalue weighted by molar-refractivity contribution is 6.09. The highest BCUT2D eigenvalue weighted by atomic mass is 16.5. The van der Waals surface area contributed by atoms with E-state index in [1.165, 1.54) is 5.56 Å². The average molecular weight is 424 g/mol. The molecule has 0 aromatic heterocycles. The number of amides is 1. The van der Waals surface area contributed by atoms with Gasteiger partial charge in [0.2, 0.25) is 0 Å². The van der Waals surface area contributed by atoms with E-state index in [9.17, 15) is 4.79 Å². The molecule has 4 aromatic rings. The maximum absolute atomic E-state index is 12.8. The Morgan fingerprint density at radius 1 is 0.938 bits per heavy atom. The lowest BCUT2D eigenvalue weighted by atomic mass is 10.0. The van der Waals surface area contributed by atoms with Gasteiger partial charge in [-0.25, -0.2) is 0 Å². The number of hydrogen-bond donors (Lipinski definition) is 1. The molecule has 160 valence electrons. The Morgan fingerprint density at radius 3 is 2.53 bits per heavy atom. The maximum atomic E-state index is 12.8. The molecule has 1 aliphatic heterocycles. The lowest BCUT2D eigenvalue weighted by Gasteiger charge is -2.18. The maximum Gasteiger partial charge on any atom is 0.255 e. The number of hydrogen-bond acceptors (Lipinski definition) is 3. The van der Waals surface area contributed by atoms with E-state index < -0.39 is 0 Å². The summed E-state index contributed by atoms with van der Waals surface area (Å²) in [5, 5.41) is 5.15. The first-order chi connectivity index (χ1) is 15.5. The topological polar surface area (TPSA) is 47.6 Å². The molecule has 4 aromatic carbocycles. The highest BCUT2D eigenvalue weighted by Crippen LogP contribution is 2.42. The zero-order valence-corrected chi connectivity index (χ0v) is 18.2. The third-order valence-electron chi connectivity index (χ3n) is 5.70. The molecule has 1 N–H and O–H groups in total. The molecule has 0 saturated heterocycles. The Hall–Kier alpha value is -3.79. The van der Waals surface area contributed by atoms with Crippen LogP contribution in [0.25, 0.3) is 10.8 Å². The number of carbonyl (C=O) groups is 1. The summed E-state index contributed by atoms with van der Waals surface area (Å²) in [4.78, 5) is 12.8. The number of para-hydroxylation sites is 1. The molecule has 1 amide bonds. The Balaban J connectivity index is 1.26. The smallest absolute Gasteiger partial charge is 0.255 e. The summed E-state index contributed by atoms with van der Waals surface area (Å²) in [6.07, 6.45) is 0.875. The number of carbonyl (C=O) groups excluding carboxylic acids is 1. The second kappa shape index (κ2) is 8.04. The first kappa shape index (κ1) is 20.1. The van der Waals surface area contributed by atoms with Crippen LogP contribution in [0.4, 0.5) is 5.69 Å². The number of ether oxygens (including phenoxy) is 2. The monoisotopic (exact) mass is 423 g/mol. The van der Waals surface area contributed by atoms with Gasteiger partial charge in [0.1, 0.15) is 12.2 Å². The van der Waals surface area contributed by atoms with Crippen LogP contribution in [0.5, 0.6) is 11.5 Å². The average Bonchev–Trinajstić information content (AvgIpc) is 3.12. The minimum absolute atomic E-state index is 0.134. The van der Waals surface area contributed by atoms with Crippen molar-refractivity contribution in [3.05, 3.63) is 102 Å². The van der Waals surface area contributed by atoms with Crippen molar-refractivity contribution < 1.29 is 14.3 Å². The molecule has 1 heterocycles. The van der Waals surface area contributed by atoms with E-state index in [4.69, 9.17) is 9.47 Å². The van der Waals surface area contributed by atoms with Gasteiger partial charge in [-0.1, -0.05) is 60.7 Å². The van der Waals surface area contributed by atoms with Gasteiger partial charge in [0.25, 0.3) is 5.91 Å². The van der Waals surface area contributed by atoms with E-state index in [-0.39, 0.29) is 11.5 Å². The van der Waals surface area contributed by atoms with E-state index in [1.54, 1.807) is 0 Å². The molecule has 0 atom stereocenters. The van der Waals surface area contributed by atoms with E-state index in [1.807, 2.05) is 78.9 Å². The fourth-order valence-corrected chi connectivity index (χ4v) is 4.14. The van der Waals surface area contributed by atoms with E-state index >= 15 is 0 Å². The summed E-state index contributed by atoms with van der Waals surface area (Å²) in [5.74, 6) is 1.46. The summed E-state index contributed by atoms with van der Waals surface area (Å²) in [6, 6.07) is 27.4. The summed E-state index contributed by atoms with van der Waals surface area (Å²) >= 11 is 0. The molecule has 0 fully saturated rings. The van der Waals surface area contributed by atoms with Crippen molar-refractivity contribution in [2.45, 2.75) is 32.5 Å². The highest BCUT2D eigenvalue weighted by Gasteiger charge is 2.32. The predicted octanol–water partition coefficient (Wildman–Crippen LogP) is 6.38. The number of nitrogens with one attached hydrogen (secondary N) is 1. The van der Waals surface area contributed by atoms with Crippen LogP contribution in [0, 0.1) is 0 Å². The van der Waals surface area contributed by atoms with E-state index in [2.05, 4.69) is 25.2 Å². The number of anilines is 1. The van der Waals surface area contributed by atoms with Crippen molar-refractivity contribution in [3.63, 3.8) is 0 Å². The summed E-state index contributed by atoms with van der Waals surface area (Å²) in [7, 11) is 0. The first-order valence-corrected chi connectivity index (χ1v) is 10.8. The van der Waals surface area contributed by atoms with Crippen LogP contribution < -0.4 is 14.8 Å². The third kappa shape index (κ3) is 4.04. The van der Waals surface area contributed by atoms with Gasteiger partial charge < -0.3 is 14.8 Å². The Bertz CT molecular complexity index is 1290. The molecule has 0 bridgehead atoms.